The van der Waals surface area contributed by atoms with Crippen molar-refractivity contribution in [2.45, 2.75) is 78.7 Å². The smallest absolute Gasteiger partial charge is 0.412 e. The van der Waals surface area contributed by atoms with Gasteiger partial charge in [0.2, 0.25) is 5.91 Å². The highest BCUT2D eigenvalue weighted by Crippen LogP contribution is 2.58. The standard InChI is InChI=1S/C29H45N5O3/c1-6-19-34(20-13-12-17-30)21-14-18-31-26(35)29(22-24(29)28(4,5)7-2)33-25(32-27(36)37-8-3)23-15-10-9-11-16-23/h9-11,15-16,24H,6-8,12-14,18-22H2,1-5H3,(H,31,35)(H,32,33,36). The molecule has 0 aliphatic heterocycles. The van der Waals surface area contributed by atoms with Gasteiger partial charge in [0.15, 0.2) is 0 Å². The van der Waals surface area contributed by atoms with Crippen LogP contribution in [0.5, 0.6) is 0 Å². The highest BCUT2D eigenvalue weighted by atomic mass is 16.5. The number of nitriles is 1. The number of rotatable bonds is 15. The molecular formula is C29H45N5O3. The molecule has 0 radical (unpaired) electrons. The molecule has 0 heterocycles. The van der Waals surface area contributed by atoms with Gasteiger partial charge in [0.05, 0.1) is 12.7 Å². The normalized spacial score (nSPS) is 19.3. The molecule has 1 fully saturated rings. The second-order valence-electron chi connectivity index (χ2n) is 10.4. The zero-order chi connectivity index (χ0) is 27.3. The number of hydrogen-bond donors (Lipinski definition) is 2. The predicted octanol–water partition coefficient (Wildman–Crippen LogP) is 4.90. The lowest BCUT2D eigenvalue weighted by Crippen LogP contribution is -2.42. The number of hydrogen-bond acceptors (Lipinski definition) is 6. The van der Waals surface area contributed by atoms with Crippen LogP contribution in [0.3, 0.4) is 0 Å². The van der Waals surface area contributed by atoms with Crippen LogP contribution in [0, 0.1) is 22.7 Å². The lowest BCUT2D eigenvalue weighted by molar-refractivity contribution is -0.124. The lowest BCUT2D eigenvalue weighted by Gasteiger charge is -2.26. The Morgan fingerprint density at radius 1 is 1.16 bits per heavy atom. The molecule has 2 amide bonds. The van der Waals surface area contributed by atoms with Gasteiger partial charge in [-0.2, -0.15) is 5.26 Å². The van der Waals surface area contributed by atoms with Gasteiger partial charge in [0.1, 0.15) is 11.4 Å². The molecule has 1 aromatic rings. The van der Waals surface area contributed by atoms with Crippen LogP contribution >= 0.6 is 0 Å². The minimum atomic E-state index is -0.930. The molecule has 0 spiro atoms. The maximum absolute atomic E-state index is 13.6. The summed E-state index contributed by atoms with van der Waals surface area (Å²) in [5.74, 6) is 0.329. The first-order chi connectivity index (χ1) is 17.7. The number of benzene rings is 1. The van der Waals surface area contributed by atoms with Gasteiger partial charge >= 0.3 is 6.09 Å². The van der Waals surface area contributed by atoms with Crippen molar-refractivity contribution < 1.29 is 14.3 Å². The Labute approximate surface area is 222 Å². The first kappa shape index (κ1) is 30.3. The zero-order valence-corrected chi connectivity index (χ0v) is 23.3. The monoisotopic (exact) mass is 511 g/mol. The number of carbonyl (C=O) groups excluding carboxylic acids is 2. The molecule has 1 aliphatic carbocycles. The second kappa shape index (κ2) is 14.7. The van der Waals surface area contributed by atoms with Crippen LogP contribution in [0.25, 0.3) is 0 Å². The number of aliphatic imine (C=N–C) groups is 1. The zero-order valence-electron chi connectivity index (χ0n) is 23.3. The summed E-state index contributed by atoms with van der Waals surface area (Å²) in [5.41, 5.74) is -0.277. The van der Waals surface area contributed by atoms with Crippen molar-refractivity contribution in [3.8, 4) is 6.07 Å². The summed E-state index contributed by atoms with van der Waals surface area (Å²) in [7, 11) is 0. The third-order valence-electron chi connectivity index (χ3n) is 7.27. The van der Waals surface area contributed by atoms with Gasteiger partial charge < -0.3 is 15.0 Å². The van der Waals surface area contributed by atoms with E-state index in [9.17, 15) is 9.59 Å². The Morgan fingerprint density at radius 3 is 2.49 bits per heavy atom. The highest BCUT2D eigenvalue weighted by Gasteiger charge is 2.65. The number of unbranched alkanes of at least 4 members (excludes halogenated alkanes) is 1. The van der Waals surface area contributed by atoms with Gasteiger partial charge in [-0.05, 0) is 57.7 Å². The van der Waals surface area contributed by atoms with E-state index in [1.54, 1.807) is 6.92 Å². The van der Waals surface area contributed by atoms with Crippen molar-refractivity contribution in [3.63, 3.8) is 0 Å². The fourth-order valence-corrected chi connectivity index (χ4v) is 4.76. The van der Waals surface area contributed by atoms with Crippen LogP contribution in [0.1, 0.15) is 78.7 Å². The third-order valence-corrected chi connectivity index (χ3v) is 7.27. The van der Waals surface area contributed by atoms with E-state index in [0.29, 0.717) is 25.2 Å². The Bertz CT molecular complexity index is 941. The van der Waals surface area contributed by atoms with E-state index >= 15 is 0 Å². The second-order valence-corrected chi connectivity index (χ2v) is 10.4. The largest absolute Gasteiger partial charge is 0.450 e. The number of amidine groups is 1. The number of nitrogens with one attached hydrogen (secondary N) is 2. The highest BCUT2D eigenvalue weighted by molar-refractivity contribution is 6.08. The van der Waals surface area contributed by atoms with Crippen molar-refractivity contribution in [1.82, 2.24) is 15.5 Å². The molecule has 8 heteroatoms. The molecule has 0 aromatic heterocycles. The minimum absolute atomic E-state index is 0.0651. The van der Waals surface area contributed by atoms with Gasteiger partial charge in [0, 0.05) is 24.4 Å². The molecular weight excluding hydrogens is 466 g/mol. The van der Waals surface area contributed by atoms with Crippen molar-refractivity contribution in [1.29, 1.82) is 5.26 Å². The summed E-state index contributed by atoms with van der Waals surface area (Å²) in [6, 6.07) is 11.6. The van der Waals surface area contributed by atoms with Crippen molar-refractivity contribution in [2.75, 3.05) is 32.8 Å². The van der Waals surface area contributed by atoms with Crippen LogP contribution in [0.15, 0.2) is 35.3 Å². The number of alkyl carbamates (subject to hydrolysis) is 1. The van der Waals surface area contributed by atoms with Crippen molar-refractivity contribution in [3.05, 3.63) is 35.9 Å². The summed E-state index contributed by atoms with van der Waals surface area (Å²) >= 11 is 0. The maximum Gasteiger partial charge on any atom is 0.412 e. The first-order valence-corrected chi connectivity index (χ1v) is 13.7. The Kier molecular flexibility index (Phi) is 12.1. The maximum atomic E-state index is 13.6. The van der Waals surface area contributed by atoms with Gasteiger partial charge in [-0.25, -0.2) is 4.79 Å². The molecule has 1 saturated carbocycles. The van der Waals surface area contributed by atoms with Gasteiger partial charge in [-0.15, -0.1) is 0 Å². The van der Waals surface area contributed by atoms with Gasteiger partial charge in [-0.3, -0.25) is 15.1 Å². The van der Waals surface area contributed by atoms with E-state index < -0.39 is 11.6 Å². The van der Waals surface area contributed by atoms with Gasteiger partial charge in [0.25, 0.3) is 0 Å². The number of amides is 2. The molecule has 0 bridgehead atoms. The molecule has 2 atom stereocenters. The van der Waals surface area contributed by atoms with Crippen LogP contribution in [-0.2, 0) is 9.53 Å². The molecule has 1 aliphatic rings. The van der Waals surface area contributed by atoms with Crippen LogP contribution in [0.4, 0.5) is 4.79 Å². The fraction of sp³-hybridized carbons (Fsp3) is 0.655. The number of carbonyl (C=O) groups is 2. The number of nitrogens with zero attached hydrogens (tertiary/aromatic N) is 3. The van der Waals surface area contributed by atoms with E-state index in [1.165, 1.54) is 0 Å². The Hall–Kier alpha value is -2.92. The van der Waals surface area contributed by atoms with Crippen molar-refractivity contribution >= 4 is 17.8 Å². The van der Waals surface area contributed by atoms with E-state index in [0.717, 1.165) is 50.9 Å². The van der Waals surface area contributed by atoms with E-state index in [1.807, 2.05) is 30.3 Å². The van der Waals surface area contributed by atoms with E-state index in [-0.39, 0.29) is 23.8 Å². The average Bonchev–Trinajstić information content (AvgIpc) is 3.63. The SMILES string of the molecule is CCCN(CCCC#N)CCCNC(=O)C1(N=C(NC(=O)OCC)c2ccccc2)CC1C(C)(C)CC. The van der Waals surface area contributed by atoms with Crippen LogP contribution < -0.4 is 10.6 Å². The Morgan fingerprint density at radius 2 is 1.86 bits per heavy atom. The molecule has 2 unspecified atom stereocenters. The molecule has 0 saturated heterocycles. The van der Waals surface area contributed by atoms with Gasteiger partial charge in [-0.1, -0.05) is 64.4 Å². The van der Waals surface area contributed by atoms with Crippen molar-refractivity contribution in [2.24, 2.45) is 16.3 Å². The summed E-state index contributed by atoms with van der Waals surface area (Å²) in [6.45, 7) is 13.9. The predicted molar refractivity (Wildman–Crippen MR) is 147 cm³/mol. The molecule has 37 heavy (non-hydrogen) atoms. The third kappa shape index (κ3) is 8.85. The molecule has 8 nitrogen and oxygen atoms in total. The summed E-state index contributed by atoms with van der Waals surface area (Å²) in [4.78, 5) is 33.3. The lowest BCUT2D eigenvalue weighted by atomic mass is 9.82. The molecule has 1 aromatic carbocycles. The Balaban J connectivity index is 2.20. The fourth-order valence-electron chi connectivity index (χ4n) is 4.76. The minimum Gasteiger partial charge on any atom is -0.450 e. The summed E-state index contributed by atoms with van der Waals surface area (Å²) in [6.07, 6.45) is 4.28. The van der Waals surface area contributed by atoms with Crippen LogP contribution in [-0.4, -0.2) is 61.1 Å². The first-order valence-electron chi connectivity index (χ1n) is 13.7. The summed E-state index contributed by atoms with van der Waals surface area (Å²) in [5, 5.41) is 14.7. The van der Waals surface area contributed by atoms with E-state index in [4.69, 9.17) is 15.0 Å². The van der Waals surface area contributed by atoms with E-state index in [2.05, 4.69) is 49.3 Å². The average molecular weight is 512 g/mol. The molecule has 2 N–H and O–H groups in total. The molecule has 2 rings (SSSR count). The van der Waals surface area contributed by atoms with Crippen LogP contribution in [0.2, 0.25) is 0 Å². The quantitative estimate of drug-likeness (QED) is 0.198. The summed E-state index contributed by atoms with van der Waals surface area (Å²) < 4.78 is 5.11. The topological polar surface area (TPSA) is 107 Å². The number of ether oxygens (including phenoxy) is 1. The molecule has 204 valence electrons.